The number of piperidine rings is 1. The molecule has 1 unspecified atom stereocenters. The Labute approximate surface area is 134 Å². The second-order valence-electron chi connectivity index (χ2n) is 5.13. The molecule has 1 heterocycles. The maximum atomic E-state index is 12.9. The number of nitrogens with zero attached hydrogens (tertiary/aromatic N) is 1. The molecule has 0 aromatic heterocycles. The largest absolute Gasteiger partial charge is 0.492 e. The summed E-state index contributed by atoms with van der Waals surface area (Å²) in [6.07, 6.45) is 1.83. The number of benzene rings is 1. The van der Waals surface area contributed by atoms with Crippen LogP contribution in [0.5, 0.6) is 5.75 Å². The zero-order valence-corrected chi connectivity index (χ0v) is 14.5. The van der Waals surface area contributed by atoms with Gasteiger partial charge in [-0.05, 0) is 50.4 Å². The molecule has 0 saturated carbocycles. The molecule has 2 N–H and O–H groups in total. The summed E-state index contributed by atoms with van der Waals surface area (Å²) < 4.78 is 33.5. The number of sulfonamides is 1. The molecule has 1 aromatic rings. The van der Waals surface area contributed by atoms with Gasteiger partial charge in [-0.25, -0.2) is 8.42 Å². The van der Waals surface area contributed by atoms with Crippen LogP contribution in [-0.4, -0.2) is 39.0 Å². The molecule has 0 radical (unpaired) electrons. The highest BCUT2D eigenvalue weighted by molar-refractivity contribution is 9.10. The summed E-state index contributed by atoms with van der Waals surface area (Å²) in [5.41, 5.74) is 5.70. The van der Waals surface area contributed by atoms with E-state index in [0.29, 0.717) is 32.0 Å². The van der Waals surface area contributed by atoms with E-state index in [0.717, 1.165) is 17.3 Å². The monoisotopic (exact) mass is 376 g/mol. The first kappa shape index (κ1) is 16.7. The van der Waals surface area contributed by atoms with E-state index < -0.39 is 10.0 Å². The summed E-state index contributed by atoms with van der Waals surface area (Å²) in [7, 11) is -3.56. The fraction of sp³-hybridized carbons (Fsp3) is 0.571. The van der Waals surface area contributed by atoms with Gasteiger partial charge < -0.3 is 10.5 Å². The maximum Gasteiger partial charge on any atom is 0.246 e. The molecule has 0 aliphatic carbocycles. The molecule has 1 aliphatic rings. The van der Waals surface area contributed by atoms with Crippen molar-refractivity contribution in [3.63, 3.8) is 0 Å². The van der Waals surface area contributed by atoms with Crippen molar-refractivity contribution in [2.75, 3.05) is 26.2 Å². The Bertz CT molecular complexity index is 592. The van der Waals surface area contributed by atoms with E-state index in [-0.39, 0.29) is 10.8 Å². The highest BCUT2D eigenvalue weighted by Crippen LogP contribution is 2.32. The standard InChI is InChI=1S/C14H21BrN2O3S/c1-2-20-13-6-5-12(15)8-14(13)21(18,19)17-7-3-4-11(9-16)10-17/h5-6,8,11H,2-4,7,9-10,16H2,1H3. The van der Waals surface area contributed by atoms with Gasteiger partial charge in [-0.15, -0.1) is 0 Å². The van der Waals surface area contributed by atoms with E-state index >= 15 is 0 Å². The third-order valence-corrected chi connectivity index (χ3v) is 6.02. The van der Waals surface area contributed by atoms with Crippen molar-refractivity contribution in [3.8, 4) is 5.75 Å². The summed E-state index contributed by atoms with van der Waals surface area (Å²) in [6.45, 7) is 3.80. The topological polar surface area (TPSA) is 72.6 Å². The SMILES string of the molecule is CCOc1ccc(Br)cc1S(=O)(=O)N1CCCC(CN)C1. The predicted molar refractivity (Wildman–Crippen MR) is 85.8 cm³/mol. The van der Waals surface area contributed by atoms with E-state index in [1.54, 1.807) is 18.2 Å². The number of hydrogen-bond acceptors (Lipinski definition) is 4. The highest BCUT2D eigenvalue weighted by Gasteiger charge is 2.32. The fourth-order valence-corrected chi connectivity index (χ4v) is 4.76. The molecule has 5 nitrogen and oxygen atoms in total. The Hall–Kier alpha value is -0.630. The zero-order chi connectivity index (χ0) is 15.5. The van der Waals surface area contributed by atoms with Gasteiger partial charge in [0, 0.05) is 17.6 Å². The molecular formula is C14H21BrN2O3S. The molecule has 0 amide bonds. The van der Waals surface area contributed by atoms with Gasteiger partial charge in [0.05, 0.1) is 6.61 Å². The van der Waals surface area contributed by atoms with Gasteiger partial charge in [-0.3, -0.25) is 0 Å². The second kappa shape index (κ2) is 7.09. The van der Waals surface area contributed by atoms with Crippen molar-refractivity contribution in [1.29, 1.82) is 0 Å². The minimum absolute atomic E-state index is 0.219. The van der Waals surface area contributed by atoms with E-state index in [2.05, 4.69) is 15.9 Å². The van der Waals surface area contributed by atoms with Gasteiger partial charge in [0.25, 0.3) is 0 Å². The summed E-state index contributed by atoms with van der Waals surface area (Å²) in [6, 6.07) is 5.07. The van der Waals surface area contributed by atoms with E-state index in [4.69, 9.17) is 10.5 Å². The minimum Gasteiger partial charge on any atom is -0.492 e. The smallest absolute Gasteiger partial charge is 0.246 e. The third kappa shape index (κ3) is 3.77. The van der Waals surface area contributed by atoms with Crippen molar-refractivity contribution in [2.45, 2.75) is 24.7 Å². The molecule has 1 atom stereocenters. The molecule has 0 spiro atoms. The van der Waals surface area contributed by atoms with Crippen molar-refractivity contribution in [3.05, 3.63) is 22.7 Å². The molecule has 1 saturated heterocycles. The molecule has 1 fully saturated rings. The molecule has 2 rings (SSSR count). The lowest BCUT2D eigenvalue weighted by Gasteiger charge is -2.31. The summed E-state index contributed by atoms with van der Waals surface area (Å²) >= 11 is 3.33. The Kier molecular flexibility index (Phi) is 5.65. The van der Waals surface area contributed by atoms with Crippen molar-refractivity contribution >= 4 is 26.0 Å². The van der Waals surface area contributed by atoms with Gasteiger partial charge in [-0.1, -0.05) is 15.9 Å². The van der Waals surface area contributed by atoms with E-state index in [1.165, 1.54) is 4.31 Å². The average molecular weight is 377 g/mol. The number of ether oxygens (including phenoxy) is 1. The molecule has 1 aliphatic heterocycles. The van der Waals surface area contributed by atoms with Gasteiger partial charge in [0.15, 0.2) is 0 Å². The fourth-order valence-electron chi connectivity index (χ4n) is 2.53. The number of hydrogen-bond donors (Lipinski definition) is 1. The van der Waals surface area contributed by atoms with Crippen LogP contribution >= 0.6 is 15.9 Å². The Balaban J connectivity index is 2.36. The first-order chi connectivity index (χ1) is 9.98. The molecule has 118 valence electrons. The van der Waals surface area contributed by atoms with Crippen LogP contribution in [0.4, 0.5) is 0 Å². The Morgan fingerprint density at radius 2 is 2.24 bits per heavy atom. The molecule has 0 bridgehead atoms. The third-order valence-electron chi connectivity index (χ3n) is 3.64. The summed E-state index contributed by atoms with van der Waals surface area (Å²) in [4.78, 5) is 0.219. The lowest BCUT2D eigenvalue weighted by molar-refractivity contribution is 0.269. The van der Waals surface area contributed by atoms with Crippen LogP contribution in [0.25, 0.3) is 0 Å². The van der Waals surface area contributed by atoms with Crippen LogP contribution in [0.2, 0.25) is 0 Å². The van der Waals surface area contributed by atoms with Gasteiger partial charge in [0.2, 0.25) is 10.0 Å². The van der Waals surface area contributed by atoms with Gasteiger partial charge >= 0.3 is 0 Å². The van der Waals surface area contributed by atoms with Crippen molar-refractivity contribution in [2.24, 2.45) is 11.7 Å². The van der Waals surface area contributed by atoms with Gasteiger partial charge in [-0.2, -0.15) is 4.31 Å². The summed E-state index contributed by atoms with van der Waals surface area (Å²) in [5.74, 6) is 0.631. The van der Waals surface area contributed by atoms with E-state index in [9.17, 15) is 8.42 Å². The number of rotatable bonds is 5. The van der Waals surface area contributed by atoms with Crippen LogP contribution in [0.1, 0.15) is 19.8 Å². The van der Waals surface area contributed by atoms with Crippen molar-refractivity contribution < 1.29 is 13.2 Å². The quantitative estimate of drug-likeness (QED) is 0.854. The van der Waals surface area contributed by atoms with Crippen molar-refractivity contribution in [1.82, 2.24) is 4.31 Å². The van der Waals surface area contributed by atoms with Crippen LogP contribution in [0.15, 0.2) is 27.6 Å². The lowest BCUT2D eigenvalue weighted by Crippen LogP contribution is -2.42. The first-order valence-corrected chi connectivity index (χ1v) is 9.35. The lowest BCUT2D eigenvalue weighted by atomic mass is 10.0. The van der Waals surface area contributed by atoms with Gasteiger partial charge in [0.1, 0.15) is 10.6 Å². The summed E-state index contributed by atoms with van der Waals surface area (Å²) in [5, 5.41) is 0. The Morgan fingerprint density at radius 3 is 2.90 bits per heavy atom. The van der Waals surface area contributed by atoms with Crippen LogP contribution in [0, 0.1) is 5.92 Å². The number of halogens is 1. The zero-order valence-electron chi connectivity index (χ0n) is 12.1. The van der Waals surface area contributed by atoms with Crippen LogP contribution in [0.3, 0.4) is 0 Å². The minimum atomic E-state index is -3.56. The second-order valence-corrected chi connectivity index (χ2v) is 7.95. The normalized spacial score (nSPS) is 20.4. The van der Waals surface area contributed by atoms with E-state index in [1.807, 2.05) is 6.92 Å². The van der Waals surface area contributed by atoms with Crippen LogP contribution in [-0.2, 0) is 10.0 Å². The molecule has 21 heavy (non-hydrogen) atoms. The van der Waals surface area contributed by atoms with Crippen LogP contribution < -0.4 is 10.5 Å². The maximum absolute atomic E-state index is 12.9. The Morgan fingerprint density at radius 1 is 1.48 bits per heavy atom. The first-order valence-electron chi connectivity index (χ1n) is 7.11. The number of nitrogens with two attached hydrogens (primary N) is 1. The predicted octanol–water partition coefficient (Wildman–Crippen LogP) is 2.21. The highest BCUT2D eigenvalue weighted by atomic mass is 79.9. The molecule has 7 heteroatoms. The molecular weight excluding hydrogens is 356 g/mol. The molecule has 1 aromatic carbocycles. The average Bonchev–Trinajstić information content (AvgIpc) is 2.49.